The predicted molar refractivity (Wildman–Crippen MR) is 84.9 cm³/mol. The van der Waals surface area contributed by atoms with E-state index in [4.69, 9.17) is 23.8 Å². The second-order valence-electron chi connectivity index (χ2n) is 4.61. The Kier molecular flexibility index (Phi) is 5.05. The first-order valence-electron chi connectivity index (χ1n) is 6.37. The van der Waals surface area contributed by atoms with Crippen molar-refractivity contribution in [3.8, 4) is 0 Å². The molecule has 126 valence electrons. The maximum Gasteiger partial charge on any atom is 0.417 e. The highest BCUT2D eigenvalue weighted by Crippen LogP contribution is 2.31. The minimum Gasteiger partial charge on any atom is -0.298 e. The first-order chi connectivity index (χ1) is 11.1. The van der Waals surface area contributed by atoms with E-state index in [1.807, 2.05) is 0 Å². The van der Waals surface area contributed by atoms with Gasteiger partial charge in [-0.05, 0) is 24.4 Å². The lowest BCUT2D eigenvalue weighted by molar-refractivity contribution is -0.138. The summed E-state index contributed by atoms with van der Waals surface area (Å²) in [6.45, 7) is 3.53. The number of hydrogen-bond acceptors (Lipinski definition) is 4. The molecule has 24 heavy (non-hydrogen) atoms. The molecule has 1 N–H and O–H groups in total. The Balaban J connectivity index is 2.42. The first-order valence-corrected chi connectivity index (χ1v) is 7.16. The van der Waals surface area contributed by atoms with Gasteiger partial charge >= 0.3 is 6.18 Å². The van der Waals surface area contributed by atoms with Gasteiger partial charge in [-0.15, -0.1) is 6.58 Å². The molecule has 1 saturated heterocycles. The van der Waals surface area contributed by atoms with Gasteiger partial charge in [0.25, 0.3) is 11.8 Å². The fourth-order valence-corrected chi connectivity index (χ4v) is 2.31. The molecule has 0 aliphatic carbocycles. The summed E-state index contributed by atoms with van der Waals surface area (Å²) in [6.07, 6.45) is -1.62. The third-order valence-corrected chi connectivity index (χ3v) is 3.60. The van der Waals surface area contributed by atoms with Crippen molar-refractivity contribution in [3.63, 3.8) is 0 Å². The summed E-state index contributed by atoms with van der Waals surface area (Å²) >= 11 is 10.7. The Labute approximate surface area is 144 Å². The zero-order valence-corrected chi connectivity index (χ0v) is 13.4. The molecule has 0 bridgehead atoms. The molecule has 5 nitrogen and oxygen atoms in total. The number of amides is 2. The number of hydrogen-bond donors (Lipinski definition) is 1. The Bertz CT molecular complexity index is 777. The summed E-state index contributed by atoms with van der Waals surface area (Å²) in [6, 6.07) is 0.665. The topological polar surface area (TPSA) is 62.3 Å². The van der Waals surface area contributed by atoms with Gasteiger partial charge in [0.05, 0.1) is 16.3 Å². The fraction of sp³-hybridized carbons (Fsp3) is 0.143. The lowest BCUT2D eigenvalue weighted by Gasteiger charge is -2.27. The number of rotatable bonds is 3. The summed E-state index contributed by atoms with van der Waals surface area (Å²) in [5, 5.41) is 1.87. The Morgan fingerprint density at radius 3 is 2.62 bits per heavy atom. The molecule has 10 heteroatoms. The number of halogens is 4. The van der Waals surface area contributed by atoms with Crippen molar-refractivity contribution in [3.05, 3.63) is 46.8 Å². The molecule has 0 radical (unpaired) electrons. The summed E-state index contributed by atoms with van der Waals surface area (Å²) in [5.74, 6) is -1.51. The van der Waals surface area contributed by atoms with E-state index in [1.54, 1.807) is 0 Å². The van der Waals surface area contributed by atoms with Crippen LogP contribution in [0, 0.1) is 0 Å². The number of nitrogens with one attached hydrogen (secondary N) is 1. The summed E-state index contributed by atoms with van der Waals surface area (Å²) < 4.78 is 37.8. The summed E-state index contributed by atoms with van der Waals surface area (Å²) in [7, 11) is 0. The minimum absolute atomic E-state index is 0.0590. The monoisotopic (exact) mass is 375 g/mol. The van der Waals surface area contributed by atoms with Crippen LogP contribution in [0.25, 0.3) is 6.08 Å². The number of alkyl halides is 3. The van der Waals surface area contributed by atoms with Crippen molar-refractivity contribution >= 4 is 46.8 Å². The van der Waals surface area contributed by atoms with Crippen LogP contribution in [0.2, 0.25) is 5.02 Å². The van der Waals surface area contributed by atoms with Crippen molar-refractivity contribution in [1.82, 2.24) is 15.2 Å². The molecule has 1 aromatic rings. The lowest BCUT2D eigenvalue weighted by Crippen LogP contribution is -2.53. The standard InChI is InChI=1S/C14H9ClF3N3O2S/c1-2-3-21-12(23)8(11(22)20-13(21)24)5-10-9(15)4-7(6-19-10)14(16,17)18/h2,4-6H,1,3H2,(H,20,22,24). The van der Waals surface area contributed by atoms with Gasteiger partial charge in [-0.2, -0.15) is 13.2 Å². The fourth-order valence-electron chi connectivity index (χ4n) is 1.84. The number of aromatic nitrogens is 1. The van der Waals surface area contributed by atoms with Gasteiger partial charge < -0.3 is 0 Å². The van der Waals surface area contributed by atoms with Crippen molar-refractivity contribution in [2.75, 3.05) is 6.54 Å². The number of nitrogens with zero attached hydrogens (tertiary/aromatic N) is 2. The highest BCUT2D eigenvalue weighted by molar-refractivity contribution is 7.80. The molecule has 2 rings (SSSR count). The molecule has 0 unspecified atom stereocenters. The van der Waals surface area contributed by atoms with Gasteiger partial charge in [-0.1, -0.05) is 17.7 Å². The molecule has 1 aromatic heterocycles. The molecule has 0 spiro atoms. The van der Waals surface area contributed by atoms with Crippen LogP contribution in [0.4, 0.5) is 13.2 Å². The second-order valence-corrected chi connectivity index (χ2v) is 5.40. The van der Waals surface area contributed by atoms with E-state index in [2.05, 4.69) is 16.9 Å². The van der Waals surface area contributed by atoms with Crippen molar-refractivity contribution in [2.45, 2.75) is 6.18 Å². The molecule has 1 fully saturated rings. The van der Waals surface area contributed by atoms with E-state index in [0.717, 1.165) is 11.0 Å². The average molecular weight is 376 g/mol. The van der Waals surface area contributed by atoms with Crippen LogP contribution in [0.5, 0.6) is 0 Å². The number of thiocarbonyl (C=S) groups is 1. The van der Waals surface area contributed by atoms with Crippen LogP contribution in [0.1, 0.15) is 11.3 Å². The van der Waals surface area contributed by atoms with E-state index >= 15 is 0 Å². The third kappa shape index (κ3) is 3.62. The zero-order valence-electron chi connectivity index (χ0n) is 11.9. The SMILES string of the molecule is C=CCN1C(=O)C(=Cc2ncc(C(F)(F)F)cc2Cl)C(=O)NC1=S. The zero-order chi connectivity index (χ0) is 18.1. The highest BCUT2D eigenvalue weighted by Gasteiger charge is 2.34. The van der Waals surface area contributed by atoms with Crippen LogP contribution < -0.4 is 5.32 Å². The molecule has 0 saturated carbocycles. The van der Waals surface area contributed by atoms with Gasteiger partial charge in [-0.3, -0.25) is 24.8 Å². The number of carbonyl (C=O) groups excluding carboxylic acids is 2. The molecular weight excluding hydrogens is 367 g/mol. The molecule has 1 aliphatic rings. The number of carbonyl (C=O) groups is 2. The predicted octanol–water partition coefficient (Wildman–Crippen LogP) is 2.57. The highest BCUT2D eigenvalue weighted by atomic mass is 35.5. The van der Waals surface area contributed by atoms with E-state index in [9.17, 15) is 22.8 Å². The van der Waals surface area contributed by atoms with E-state index in [0.29, 0.717) is 12.3 Å². The Hall–Kier alpha value is -2.26. The van der Waals surface area contributed by atoms with Crippen LogP contribution in [0.15, 0.2) is 30.5 Å². The maximum absolute atomic E-state index is 12.6. The second kappa shape index (κ2) is 6.70. The molecule has 0 aromatic carbocycles. The van der Waals surface area contributed by atoms with Gasteiger partial charge in [0.15, 0.2) is 5.11 Å². The molecule has 2 amide bonds. The van der Waals surface area contributed by atoms with E-state index in [-0.39, 0.29) is 27.9 Å². The first kappa shape index (κ1) is 18.1. The van der Waals surface area contributed by atoms with E-state index in [1.165, 1.54) is 6.08 Å². The Morgan fingerprint density at radius 1 is 1.42 bits per heavy atom. The Morgan fingerprint density at radius 2 is 2.08 bits per heavy atom. The maximum atomic E-state index is 12.6. The lowest BCUT2D eigenvalue weighted by atomic mass is 10.1. The molecule has 0 atom stereocenters. The molecule has 1 aliphatic heterocycles. The van der Waals surface area contributed by atoms with Crippen LogP contribution in [-0.2, 0) is 15.8 Å². The van der Waals surface area contributed by atoms with Gasteiger partial charge in [0.2, 0.25) is 0 Å². The van der Waals surface area contributed by atoms with Gasteiger partial charge in [0.1, 0.15) is 5.57 Å². The van der Waals surface area contributed by atoms with Crippen molar-refractivity contribution in [1.29, 1.82) is 0 Å². The van der Waals surface area contributed by atoms with E-state index < -0.39 is 23.6 Å². The van der Waals surface area contributed by atoms with Crippen LogP contribution in [0.3, 0.4) is 0 Å². The third-order valence-electron chi connectivity index (χ3n) is 2.98. The van der Waals surface area contributed by atoms with Gasteiger partial charge in [-0.25, -0.2) is 0 Å². The van der Waals surface area contributed by atoms with Crippen molar-refractivity contribution in [2.24, 2.45) is 0 Å². The molecule has 2 heterocycles. The minimum atomic E-state index is -4.60. The van der Waals surface area contributed by atoms with Crippen LogP contribution in [-0.4, -0.2) is 33.4 Å². The van der Waals surface area contributed by atoms with Crippen molar-refractivity contribution < 1.29 is 22.8 Å². The summed E-state index contributed by atoms with van der Waals surface area (Å²) in [5.41, 5.74) is -1.53. The van der Waals surface area contributed by atoms with Gasteiger partial charge in [0, 0.05) is 12.7 Å². The summed E-state index contributed by atoms with van der Waals surface area (Å²) in [4.78, 5) is 28.8. The normalized spacial score (nSPS) is 17.2. The van der Waals surface area contributed by atoms with Crippen LogP contribution >= 0.6 is 23.8 Å². The average Bonchev–Trinajstić information content (AvgIpc) is 2.48. The number of pyridine rings is 1. The molecular formula is C14H9ClF3N3O2S. The quantitative estimate of drug-likeness (QED) is 0.382. The largest absolute Gasteiger partial charge is 0.417 e. The smallest absolute Gasteiger partial charge is 0.298 e.